The highest BCUT2D eigenvalue weighted by molar-refractivity contribution is 9.10. The summed E-state index contributed by atoms with van der Waals surface area (Å²) >= 11 is 3.30. The van der Waals surface area contributed by atoms with Gasteiger partial charge in [-0.3, -0.25) is 4.79 Å². The first-order chi connectivity index (χ1) is 9.47. The number of H-pyrrole nitrogens is 1. The fourth-order valence-electron chi connectivity index (χ4n) is 2.02. The number of carbonyl (C=O) groups is 1. The Morgan fingerprint density at radius 1 is 1.30 bits per heavy atom. The molecule has 0 aliphatic rings. The molecule has 0 fully saturated rings. The van der Waals surface area contributed by atoms with Crippen LogP contribution in [-0.4, -0.2) is 10.9 Å². The summed E-state index contributed by atoms with van der Waals surface area (Å²) in [7, 11) is 0. The Labute approximate surface area is 125 Å². The molecule has 0 saturated heterocycles. The van der Waals surface area contributed by atoms with Gasteiger partial charge in [0.1, 0.15) is 11.5 Å². The Morgan fingerprint density at radius 3 is 2.45 bits per heavy atom. The SMILES string of the molecule is CC(C)C(NC(=O)c1cc(Br)c[nH]1)c1ccc(F)cc1. The van der Waals surface area contributed by atoms with Gasteiger partial charge >= 0.3 is 0 Å². The van der Waals surface area contributed by atoms with Gasteiger partial charge in [0.05, 0.1) is 6.04 Å². The van der Waals surface area contributed by atoms with Crippen LogP contribution in [0.2, 0.25) is 0 Å². The van der Waals surface area contributed by atoms with Gasteiger partial charge in [-0.25, -0.2) is 4.39 Å². The molecular formula is C15H16BrFN2O. The zero-order chi connectivity index (χ0) is 14.7. The van der Waals surface area contributed by atoms with Crippen molar-refractivity contribution in [3.63, 3.8) is 0 Å². The van der Waals surface area contributed by atoms with Crippen molar-refractivity contribution >= 4 is 21.8 Å². The molecule has 20 heavy (non-hydrogen) atoms. The summed E-state index contributed by atoms with van der Waals surface area (Å²) in [4.78, 5) is 15.1. The highest BCUT2D eigenvalue weighted by Crippen LogP contribution is 2.22. The minimum Gasteiger partial charge on any atom is -0.356 e. The van der Waals surface area contributed by atoms with E-state index in [1.165, 1.54) is 12.1 Å². The van der Waals surface area contributed by atoms with Crippen molar-refractivity contribution in [2.75, 3.05) is 0 Å². The smallest absolute Gasteiger partial charge is 0.268 e. The van der Waals surface area contributed by atoms with E-state index in [4.69, 9.17) is 0 Å². The Kier molecular flexibility index (Phi) is 4.60. The van der Waals surface area contributed by atoms with Crippen molar-refractivity contribution in [1.29, 1.82) is 0 Å². The summed E-state index contributed by atoms with van der Waals surface area (Å²) in [5.74, 6) is -0.266. The second-order valence-corrected chi connectivity index (χ2v) is 5.89. The van der Waals surface area contributed by atoms with Crippen molar-refractivity contribution in [3.8, 4) is 0 Å². The van der Waals surface area contributed by atoms with Crippen molar-refractivity contribution < 1.29 is 9.18 Å². The third kappa shape index (κ3) is 3.48. The lowest BCUT2D eigenvalue weighted by Gasteiger charge is -2.22. The molecular weight excluding hydrogens is 323 g/mol. The number of benzene rings is 1. The summed E-state index contributed by atoms with van der Waals surface area (Å²) < 4.78 is 13.8. The van der Waals surface area contributed by atoms with E-state index >= 15 is 0 Å². The van der Waals surface area contributed by atoms with Crippen LogP contribution in [0.4, 0.5) is 4.39 Å². The summed E-state index contributed by atoms with van der Waals surface area (Å²) in [5.41, 5.74) is 1.38. The van der Waals surface area contributed by atoms with Crippen LogP contribution in [0.15, 0.2) is 41.0 Å². The zero-order valence-electron chi connectivity index (χ0n) is 11.3. The molecule has 2 N–H and O–H groups in total. The Hall–Kier alpha value is -1.62. The average molecular weight is 339 g/mol. The number of carbonyl (C=O) groups excluding carboxylic acids is 1. The third-order valence-corrected chi connectivity index (χ3v) is 3.53. The molecule has 1 atom stereocenters. The van der Waals surface area contributed by atoms with Gasteiger partial charge in [-0.1, -0.05) is 26.0 Å². The summed E-state index contributed by atoms with van der Waals surface area (Å²) in [6, 6.07) is 7.77. The normalized spacial score (nSPS) is 12.4. The quantitative estimate of drug-likeness (QED) is 0.867. The lowest BCUT2D eigenvalue weighted by atomic mass is 9.96. The van der Waals surface area contributed by atoms with E-state index < -0.39 is 0 Å². The summed E-state index contributed by atoms with van der Waals surface area (Å²) in [5, 5.41) is 2.97. The van der Waals surface area contributed by atoms with Gasteiger partial charge < -0.3 is 10.3 Å². The van der Waals surface area contributed by atoms with Crippen LogP contribution < -0.4 is 5.32 Å². The molecule has 2 rings (SSSR count). The van der Waals surface area contributed by atoms with Gasteiger partial charge in [0, 0.05) is 10.7 Å². The standard InChI is InChI=1S/C15H16BrFN2O/c1-9(2)14(10-3-5-12(17)6-4-10)19-15(20)13-7-11(16)8-18-13/h3-9,14,18H,1-2H3,(H,19,20). The van der Waals surface area contributed by atoms with Gasteiger partial charge in [0.2, 0.25) is 0 Å². The minimum absolute atomic E-state index is 0.162. The molecule has 3 nitrogen and oxygen atoms in total. The van der Waals surface area contributed by atoms with Gasteiger partial charge in [-0.05, 0) is 45.6 Å². The van der Waals surface area contributed by atoms with Gasteiger partial charge in [0.25, 0.3) is 5.91 Å². The maximum Gasteiger partial charge on any atom is 0.268 e. The van der Waals surface area contributed by atoms with Gasteiger partial charge in [0.15, 0.2) is 0 Å². The van der Waals surface area contributed by atoms with E-state index in [1.807, 2.05) is 13.8 Å². The molecule has 0 radical (unpaired) electrons. The molecule has 1 heterocycles. The lowest BCUT2D eigenvalue weighted by molar-refractivity contribution is 0.0921. The molecule has 1 unspecified atom stereocenters. The molecule has 0 aliphatic carbocycles. The second-order valence-electron chi connectivity index (χ2n) is 4.98. The lowest BCUT2D eigenvalue weighted by Crippen LogP contribution is -2.31. The molecule has 0 saturated carbocycles. The number of rotatable bonds is 4. The topological polar surface area (TPSA) is 44.9 Å². The highest BCUT2D eigenvalue weighted by Gasteiger charge is 2.19. The van der Waals surface area contributed by atoms with E-state index in [0.717, 1.165) is 10.0 Å². The molecule has 1 aromatic carbocycles. The third-order valence-electron chi connectivity index (χ3n) is 3.07. The van der Waals surface area contributed by atoms with Crippen molar-refractivity contribution in [3.05, 3.63) is 58.1 Å². The molecule has 106 valence electrons. The molecule has 1 aromatic heterocycles. The number of nitrogens with one attached hydrogen (secondary N) is 2. The summed E-state index contributed by atoms with van der Waals surface area (Å²) in [6.45, 7) is 4.03. The van der Waals surface area contributed by atoms with Crippen LogP contribution in [0.5, 0.6) is 0 Å². The van der Waals surface area contributed by atoms with Crippen LogP contribution in [0.1, 0.15) is 35.9 Å². The monoisotopic (exact) mass is 338 g/mol. The number of amides is 1. The van der Waals surface area contributed by atoms with E-state index in [-0.39, 0.29) is 23.7 Å². The van der Waals surface area contributed by atoms with Crippen LogP contribution >= 0.6 is 15.9 Å². The van der Waals surface area contributed by atoms with Crippen molar-refractivity contribution in [1.82, 2.24) is 10.3 Å². The largest absolute Gasteiger partial charge is 0.356 e. The first-order valence-electron chi connectivity index (χ1n) is 6.37. The van der Waals surface area contributed by atoms with Gasteiger partial charge in [-0.2, -0.15) is 0 Å². The van der Waals surface area contributed by atoms with Gasteiger partial charge in [-0.15, -0.1) is 0 Å². The van der Waals surface area contributed by atoms with Crippen molar-refractivity contribution in [2.45, 2.75) is 19.9 Å². The first-order valence-corrected chi connectivity index (χ1v) is 7.17. The Bertz CT molecular complexity index is 592. The molecule has 0 bridgehead atoms. The van der Waals surface area contributed by atoms with E-state index in [1.54, 1.807) is 24.4 Å². The molecule has 5 heteroatoms. The first kappa shape index (κ1) is 14.8. The Morgan fingerprint density at radius 2 is 1.95 bits per heavy atom. The minimum atomic E-state index is -0.282. The van der Waals surface area contributed by atoms with E-state index in [9.17, 15) is 9.18 Å². The van der Waals surface area contributed by atoms with E-state index in [0.29, 0.717) is 5.69 Å². The van der Waals surface area contributed by atoms with Crippen LogP contribution in [-0.2, 0) is 0 Å². The fourth-order valence-corrected chi connectivity index (χ4v) is 2.37. The van der Waals surface area contributed by atoms with Crippen LogP contribution in [0, 0.1) is 11.7 Å². The predicted molar refractivity (Wildman–Crippen MR) is 79.9 cm³/mol. The fraction of sp³-hybridized carbons (Fsp3) is 0.267. The number of hydrogen-bond donors (Lipinski definition) is 2. The molecule has 2 aromatic rings. The van der Waals surface area contributed by atoms with E-state index in [2.05, 4.69) is 26.2 Å². The molecule has 0 spiro atoms. The van der Waals surface area contributed by atoms with Crippen LogP contribution in [0.25, 0.3) is 0 Å². The maximum absolute atomic E-state index is 13.0. The number of halogens is 2. The average Bonchev–Trinajstić information content (AvgIpc) is 2.83. The second kappa shape index (κ2) is 6.22. The Balaban J connectivity index is 2.17. The zero-order valence-corrected chi connectivity index (χ0v) is 12.9. The molecule has 1 amide bonds. The maximum atomic E-state index is 13.0. The highest BCUT2D eigenvalue weighted by atomic mass is 79.9. The van der Waals surface area contributed by atoms with Crippen molar-refractivity contribution in [2.24, 2.45) is 5.92 Å². The predicted octanol–water partition coefficient (Wildman–Crippen LogP) is 4.04. The summed E-state index contributed by atoms with van der Waals surface area (Å²) in [6.07, 6.45) is 1.71. The molecule has 0 aliphatic heterocycles. The number of aromatic nitrogens is 1. The van der Waals surface area contributed by atoms with Crippen LogP contribution in [0.3, 0.4) is 0 Å². The number of aromatic amines is 1. The number of hydrogen-bond acceptors (Lipinski definition) is 1.